The summed E-state index contributed by atoms with van der Waals surface area (Å²) >= 11 is 0. The van der Waals surface area contributed by atoms with Gasteiger partial charge in [0.15, 0.2) is 0 Å². The second-order valence-electron chi connectivity index (χ2n) is 3.71. The third-order valence-corrected chi connectivity index (χ3v) is 2.45. The Bertz CT molecular complexity index is 439. The van der Waals surface area contributed by atoms with Gasteiger partial charge in [-0.2, -0.15) is 5.10 Å². The van der Waals surface area contributed by atoms with Crippen molar-refractivity contribution < 1.29 is 5.11 Å². The second kappa shape index (κ2) is 4.92. The summed E-state index contributed by atoms with van der Waals surface area (Å²) in [6.07, 6.45) is 2.86. The van der Waals surface area contributed by atoms with Crippen LogP contribution in [-0.4, -0.2) is 21.4 Å². The summed E-state index contributed by atoms with van der Waals surface area (Å²) in [5.74, 6) is 0. The molecule has 0 aliphatic carbocycles. The van der Waals surface area contributed by atoms with Gasteiger partial charge >= 0.3 is 0 Å². The van der Waals surface area contributed by atoms with Gasteiger partial charge in [0, 0.05) is 18.3 Å². The minimum atomic E-state index is -0.621. The molecule has 4 nitrogen and oxygen atoms in total. The van der Waals surface area contributed by atoms with Crippen molar-refractivity contribution in [3.8, 4) is 0 Å². The Morgan fingerprint density at radius 1 is 1.31 bits per heavy atom. The van der Waals surface area contributed by atoms with Gasteiger partial charge in [-0.25, -0.2) is 0 Å². The fourth-order valence-corrected chi connectivity index (χ4v) is 1.54. The van der Waals surface area contributed by atoms with Crippen LogP contribution >= 0.6 is 0 Å². The van der Waals surface area contributed by atoms with E-state index >= 15 is 0 Å². The number of aromatic nitrogens is 2. The predicted molar refractivity (Wildman–Crippen MR) is 61.8 cm³/mol. The molecule has 2 aromatic rings. The van der Waals surface area contributed by atoms with Crippen LogP contribution in [0.1, 0.15) is 17.2 Å². The minimum Gasteiger partial charge on any atom is -0.387 e. The molecule has 0 radical (unpaired) electrons. The average Bonchev–Trinajstić information content (AvgIpc) is 2.78. The number of aliphatic hydroxyl groups excluding tert-OH is 1. The van der Waals surface area contributed by atoms with Crippen molar-refractivity contribution in [2.24, 2.45) is 5.73 Å². The summed E-state index contributed by atoms with van der Waals surface area (Å²) < 4.78 is 1.80. The maximum absolute atomic E-state index is 9.53. The summed E-state index contributed by atoms with van der Waals surface area (Å²) in [7, 11) is 0. The van der Waals surface area contributed by atoms with Gasteiger partial charge in [0.1, 0.15) is 0 Å². The first-order chi connectivity index (χ1) is 7.79. The third kappa shape index (κ3) is 2.48. The molecule has 1 heterocycles. The van der Waals surface area contributed by atoms with Gasteiger partial charge in [0.25, 0.3) is 0 Å². The van der Waals surface area contributed by atoms with Gasteiger partial charge in [-0.1, -0.05) is 30.3 Å². The summed E-state index contributed by atoms with van der Waals surface area (Å²) in [5.41, 5.74) is 7.32. The van der Waals surface area contributed by atoms with Crippen molar-refractivity contribution in [1.29, 1.82) is 0 Å². The molecule has 0 amide bonds. The Balaban J connectivity index is 2.09. The monoisotopic (exact) mass is 217 g/mol. The summed E-state index contributed by atoms with van der Waals surface area (Å²) in [4.78, 5) is 0. The van der Waals surface area contributed by atoms with E-state index in [1.165, 1.54) is 5.56 Å². The lowest BCUT2D eigenvalue weighted by Crippen LogP contribution is -2.10. The maximum atomic E-state index is 9.53. The van der Waals surface area contributed by atoms with E-state index in [9.17, 15) is 5.11 Å². The fourth-order valence-electron chi connectivity index (χ4n) is 1.54. The van der Waals surface area contributed by atoms with Crippen molar-refractivity contribution >= 4 is 0 Å². The molecule has 84 valence electrons. The molecule has 0 saturated heterocycles. The summed E-state index contributed by atoms with van der Waals surface area (Å²) in [5, 5.41) is 13.7. The van der Waals surface area contributed by atoms with Crippen LogP contribution in [0, 0.1) is 0 Å². The maximum Gasteiger partial charge on any atom is 0.0942 e. The summed E-state index contributed by atoms with van der Waals surface area (Å²) in [6, 6.07) is 10.1. The van der Waals surface area contributed by atoms with Crippen LogP contribution in [0.15, 0.2) is 42.7 Å². The number of hydrogen-bond acceptors (Lipinski definition) is 3. The topological polar surface area (TPSA) is 64.1 Å². The van der Waals surface area contributed by atoms with E-state index in [2.05, 4.69) is 5.10 Å². The highest BCUT2D eigenvalue weighted by Crippen LogP contribution is 2.10. The van der Waals surface area contributed by atoms with Gasteiger partial charge < -0.3 is 10.8 Å². The van der Waals surface area contributed by atoms with Gasteiger partial charge in [0.2, 0.25) is 0 Å². The van der Waals surface area contributed by atoms with Crippen LogP contribution < -0.4 is 5.73 Å². The highest BCUT2D eigenvalue weighted by atomic mass is 16.3. The minimum absolute atomic E-state index is 0.219. The van der Waals surface area contributed by atoms with Crippen molar-refractivity contribution in [3.63, 3.8) is 0 Å². The molecule has 2 rings (SSSR count). The normalized spacial score (nSPS) is 12.6. The first-order valence-electron chi connectivity index (χ1n) is 5.24. The zero-order valence-electron chi connectivity index (χ0n) is 8.95. The Kier molecular flexibility index (Phi) is 3.34. The predicted octanol–water partition coefficient (Wildman–Crippen LogP) is 0.923. The molecule has 0 aliphatic rings. The lowest BCUT2D eigenvalue weighted by Gasteiger charge is -2.03. The molecule has 3 N–H and O–H groups in total. The molecular weight excluding hydrogens is 202 g/mol. The van der Waals surface area contributed by atoms with Crippen LogP contribution in [0.25, 0.3) is 0 Å². The van der Waals surface area contributed by atoms with E-state index in [0.29, 0.717) is 6.54 Å². The van der Waals surface area contributed by atoms with Crippen molar-refractivity contribution in [2.45, 2.75) is 12.6 Å². The lowest BCUT2D eigenvalue weighted by molar-refractivity contribution is 0.186. The molecule has 0 saturated carbocycles. The fraction of sp³-hybridized carbons (Fsp3) is 0.250. The third-order valence-electron chi connectivity index (χ3n) is 2.45. The largest absolute Gasteiger partial charge is 0.387 e. The van der Waals surface area contributed by atoms with E-state index in [0.717, 1.165) is 5.56 Å². The SMILES string of the molecule is NCC(O)c1cnn(Cc2ccccc2)c1. The van der Waals surface area contributed by atoms with E-state index < -0.39 is 6.10 Å². The van der Waals surface area contributed by atoms with Crippen LogP contribution in [0.3, 0.4) is 0 Å². The van der Waals surface area contributed by atoms with Crippen molar-refractivity contribution in [3.05, 3.63) is 53.9 Å². The number of benzene rings is 1. The van der Waals surface area contributed by atoms with E-state index in [1.807, 2.05) is 36.5 Å². The first kappa shape index (κ1) is 10.9. The van der Waals surface area contributed by atoms with Crippen LogP contribution in [0.4, 0.5) is 0 Å². The van der Waals surface area contributed by atoms with Crippen LogP contribution in [0.2, 0.25) is 0 Å². The number of nitrogens with zero attached hydrogens (tertiary/aromatic N) is 2. The second-order valence-corrected chi connectivity index (χ2v) is 3.71. The molecule has 0 fully saturated rings. The Morgan fingerprint density at radius 3 is 2.75 bits per heavy atom. The molecular formula is C12H15N3O. The number of aliphatic hydroxyl groups is 1. The Labute approximate surface area is 94.3 Å². The number of rotatable bonds is 4. The standard InChI is InChI=1S/C12H15N3O/c13-6-12(16)11-7-14-15(9-11)8-10-4-2-1-3-5-10/h1-5,7,9,12,16H,6,8,13H2. The highest BCUT2D eigenvalue weighted by molar-refractivity contribution is 5.16. The van der Waals surface area contributed by atoms with Crippen LogP contribution in [-0.2, 0) is 6.54 Å². The van der Waals surface area contributed by atoms with E-state index in [4.69, 9.17) is 5.73 Å². The molecule has 4 heteroatoms. The van der Waals surface area contributed by atoms with E-state index in [1.54, 1.807) is 10.9 Å². The molecule has 1 aromatic carbocycles. The van der Waals surface area contributed by atoms with Gasteiger partial charge in [0.05, 0.1) is 18.8 Å². The molecule has 1 aromatic heterocycles. The van der Waals surface area contributed by atoms with Gasteiger partial charge in [-0.05, 0) is 5.56 Å². The molecule has 1 unspecified atom stereocenters. The van der Waals surface area contributed by atoms with Gasteiger partial charge in [-0.15, -0.1) is 0 Å². The molecule has 0 aliphatic heterocycles. The molecule has 16 heavy (non-hydrogen) atoms. The van der Waals surface area contributed by atoms with Crippen molar-refractivity contribution in [1.82, 2.24) is 9.78 Å². The highest BCUT2D eigenvalue weighted by Gasteiger charge is 2.07. The Hall–Kier alpha value is -1.65. The zero-order valence-corrected chi connectivity index (χ0v) is 8.95. The Morgan fingerprint density at radius 2 is 2.06 bits per heavy atom. The molecule has 1 atom stereocenters. The average molecular weight is 217 g/mol. The first-order valence-corrected chi connectivity index (χ1v) is 5.24. The molecule has 0 spiro atoms. The number of nitrogens with two attached hydrogens (primary N) is 1. The lowest BCUT2D eigenvalue weighted by atomic mass is 10.2. The number of hydrogen-bond donors (Lipinski definition) is 2. The van der Waals surface area contributed by atoms with Gasteiger partial charge in [-0.3, -0.25) is 4.68 Å². The van der Waals surface area contributed by atoms with Crippen molar-refractivity contribution in [2.75, 3.05) is 6.54 Å². The quantitative estimate of drug-likeness (QED) is 0.800. The molecule has 0 bridgehead atoms. The van der Waals surface area contributed by atoms with Crippen LogP contribution in [0.5, 0.6) is 0 Å². The van der Waals surface area contributed by atoms with E-state index in [-0.39, 0.29) is 6.54 Å². The summed E-state index contributed by atoms with van der Waals surface area (Å²) in [6.45, 7) is 0.926. The zero-order chi connectivity index (χ0) is 11.4. The smallest absolute Gasteiger partial charge is 0.0942 e.